The average molecular weight is 328 g/mol. The summed E-state index contributed by atoms with van der Waals surface area (Å²) in [7, 11) is 1.92. The van der Waals surface area contributed by atoms with Crippen molar-refractivity contribution >= 4 is 16.8 Å². The second-order valence-electron chi connectivity index (χ2n) is 6.09. The molecule has 0 saturated heterocycles. The van der Waals surface area contributed by atoms with Crippen LogP contribution in [0.1, 0.15) is 15.9 Å². The van der Waals surface area contributed by atoms with Gasteiger partial charge in [0.1, 0.15) is 0 Å². The van der Waals surface area contributed by atoms with E-state index in [1.807, 2.05) is 36.1 Å². The number of rotatable bonds is 3. The monoisotopic (exact) mass is 328 g/mol. The molecular weight excluding hydrogens is 312 g/mol. The van der Waals surface area contributed by atoms with E-state index in [0.717, 1.165) is 33.2 Å². The topological polar surface area (TPSA) is 61.9 Å². The first-order chi connectivity index (χ1) is 12.2. The van der Waals surface area contributed by atoms with Crippen molar-refractivity contribution in [2.24, 2.45) is 7.05 Å². The van der Waals surface area contributed by atoms with Gasteiger partial charge >= 0.3 is 0 Å². The number of aromatic nitrogens is 2. The summed E-state index contributed by atoms with van der Waals surface area (Å²) < 4.78 is 1.85. The van der Waals surface area contributed by atoms with Gasteiger partial charge < -0.3 is 4.90 Å². The van der Waals surface area contributed by atoms with Gasteiger partial charge in [-0.05, 0) is 28.8 Å². The molecule has 5 nitrogen and oxygen atoms in total. The molecule has 0 saturated carbocycles. The summed E-state index contributed by atoms with van der Waals surface area (Å²) in [6.07, 6.45) is 4.97. The van der Waals surface area contributed by atoms with Crippen molar-refractivity contribution in [3.63, 3.8) is 0 Å². The molecule has 1 aliphatic heterocycles. The second-order valence-corrected chi connectivity index (χ2v) is 6.09. The molecule has 0 spiro atoms. The number of carbonyl (C=O) groups is 1. The number of allylic oxidation sites excluding steroid dienone is 1. The van der Waals surface area contributed by atoms with Gasteiger partial charge in [0.2, 0.25) is 0 Å². The molecule has 0 unspecified atom stereocenters. The number of fused-ring (bicyclic) bond motifs is 2. The van der Waals surface area contributed by atoms with E-state index in [1.165, 1.54) is 6.08 Å². The van der Waals surface area contributed by atoms with Crippen molar-refractivity contribution in [1.29, 1.82) is 5.26 Å². The molecule has 1 aromatic heterocycles. The standard InChI is InChI=1S/C20H16N4O/c1-23-19-11-14(7-8-15(19)12-22-23)16-5-4-6-17-18(16)13-24(20(17)25)10-3-2-9-21/h2-8,11-12H,10,13H2,1H3/b3-2+. The average Bonchev–Trinajstić information content (AvgIpc) is 3.16. The molecule has 25 heavy (non-hydrogen) atoms. The van der Waals surface area contributed by atoms with Crippen molar-refractivity contribution in [3.8, 4) is 17.2 Å². The summed E-state index contributed by atoms with van der Waals surface area (Å²) in [5.74, 6) is 0.0149. The quantitative estimate of drug-likeness (QED) is 0.693. The van der Waals surface area contributed by atoms with Crippen molar-refractivity contribution in [3.05, 3.63) is 65.9 Å². The van der Waals surface area contributed by atoms with E-state index in [0.29, 0.717) is 13.1 Å². The van der Waals surface area contributed by atoms with Crippen LogP contribution in [0.2, 0.25) is 0 Å². The van der Waals surface area contributed by atoms with Gasteiger partial charge in [-0.1, -0.05) is 30.3 Å². The molecule has 1 aliphatic rings. The maximum Gasteiger partial charge on any atom is 0.254 e. The largest absolute Gasteiger partial charge is 0.331 e. The predicted molar refractivity (Wildman–Crippen MR) is 95.6 cm³/mol. The molecule has 0 aliphatic carbocycles. The van der Waals surface area contributed by atoms with Crippen molar-refractivity contribution < 1.29 is 4.79 Å². The summed E-state index contributed by atoms with van der Waals surface area (Å²) in [4.78, 5) is 14.3. The van der Waals surface area contributed by atoms with Crippen LogP contribution in [-0.2, 0) is 13.6 Å². The first-order valence-electron chi connectivity index (χ1n) is 8.07. The van der Waals surface area contributed by atoms with E-state index in [9.17, 15) is 4.79 Å². The Bertz CT molecular complexity index is 1060. The highest BCUT2D eigenvalue weighted by Gasteiger charge is 2.28. The summed E-state index contributed by atoms with van der Waals surface area (Å²) in [6.45, 7) is 1.00. The highest BCUT2D eigenvalue weighted by atomic mass is 16.2. The molecule has 0 radical (unpaired) electrons. The minimum Gasteiger partial charge on any atom is -0.331 e. The Morgan fingerprint density at radius 3 is 2.96 bits per heavy atom. The molecule has 1 amide bonds. The summed E-state index contributed by atoms with van der Waals surface area (Å²) in [5.41, 5.74) is 5.00. The maximum atomic E-state index is 12.6. The molecular formula is C20H16N4O. The molecule has 122 valence electrons. The molecule has 5 heteroatoms. The number of benzene rings is 2. The third kappa shape index (κ3) is 2.48. The van der Waals surface area contributed by atoms with E-state index in [1.54, 1.807) is 11.0 Å². The van der Waals surface area contributed by atoms with Crippen molar-refractivity contribution in [2.45, 2.75) is 6.54 Å². The normalized spacial score (nSPS) is 13.6. The number of hydrogen-bond acceptors (Lipinski definition) is 3. The lowest BCUT2D eigenvalue weighted by Crippen LogP contribution is -2.23. The van der Waals surface area contributed by atoms with E-state index in [4.69, 9.17) is 5.26 Å². The van der Waals surface area contributed by atoms with Crippen LogP contribution >= 0.6 is 0 Å². The van der Waals surface area contributed by atoms with Crippen molar-refractivity contribution in [2.75, 3.05) is 6.54 Å². The zero-order chi connectivity index (χ0) is 17.4. The molecule has 0 fully saturated rings. The van der Waals surface area contributed by atoms with Gasteiger partial charge in [0.15, 0.2) is 0 Å². The van der Waals surface area contributed by atoms with Crippen LogP contribution in [0.25, 0.3) is 22.0 Å². The van der Waals surface area contributed by atoms with E-state index in [2.05, 4.69) is 29.4 Å². The minimum absolute atomic E-state index is 0.0149. The predicted octanol–water partition coefficient (Wildman–Crippen LogP) is 3.28. The van der Waals surface area contributed by atoms with Crippen LogP contribution in [0, 0.1) is 11.3 Å². The van der Waals surface area contributed by atoms with Crippen LogP contribution in [-0.4, -0.2) is 27.1 Å². The van der Waals surface area contributed by atoms with E-state index in [-0.39, 0.29) is 5.91 Å². The lowest BCUT2D eigenvalue weighted by Gasteiger charge is -2.12. The Morgan fingerprint density at radius 2 is 2.12 bits per heavy atom. The zero-order valence-corrected chi connectivity index (χ0v) is 13.8. The number of nitrogens with zero attached hydrogens (tertiary/aromatic N) is 4. The maximum absolute atomic E-state index is 12.6. The van der Waals surface area contributed by atoms with Crippen LogP contribution < -0.4 is 0 Å². The molecule has 0 bridgehead atoms. The van der Waals surface area contributed by atoms with Crippen LogP contribution in [0.15, 0.2) is 54.7 Å². The molecule has 2 aromatic carbocycles. The summed E-state index contributed by atoms with van der Waals surface area (Å²) in [5, 5.41) is 14.0. The minimum atomic E-state index is 0.0149. The van der Waals surface area contributed by atoms with E-state index >= 15 is 0 Å². The molecule has 0 N–H and O–H groups in total. The van der Waals surface area contributed by atoms with Gasteiger partial charge in [-0.15, -0.1) is 0 Å². The highest BCUT2D eigenvalue weighted by Crippen LogP contribution is 2.33. The number of nitriles is 1. The molecule has 0 atom stereocenters. The van der Waals surface area contributed by atoms with E-state index < -0.39 is 0 Å². The first-order valence-corrected chi connectivity index (χ1v) is 8.07. The van der Waals surface area contributed by atoms with Gasteiger partial charge in [-0.3, -0.25) is 9.48 Å². The zero-order valence-electron chi connectivity index (χ0n) is 13.8. The Hall–Kier alpha value is -3.39. The van der Waals surface area contributed by atoms with Gasteiger partial charge in [-0.2, -0.15) is 10.4 Å². The smallest absolute Gasteiger partial charge is 0.254 e. The molecule has 2 heterocycles. The van der Waals surface area contributed by atoms with Gasteiger partial charge in [0.25, 0.3) is 5.91 Å². The van der Waals surface area contributed by atoms with Gasteiger partial charge in [0.05, 0.1) is 17.8 Å². The third-order valence-electron chi connectivity index (χ3n) is 4.62. The Labute approximate surface area is 145 Å². The van der Waals surface area contributed by atoms with Crippen LogP contribution in [0.4, 0.5) is 0 Å². The summed E-state index contributed by atoms with van der Waals surface area (Å²) in [6, 6.07) is 14.0. The Kier molecular flexibility index (Phi) is 3.58. The SMILES string of the molecule is Cn1ncc2ccc(-c3cccc4c3CN(C/C=C/C#N)C4=O)cc21. The van der Waals surface area contributed by atoms with Crippen LogP contribution in [0.3, 0.4) is 0 Å². The first kappa shape index (κ1) is 15.2. The second kappa shape index (κ2) is 5.91. The number of aryl methyl sites for hydroxylation is 1. The molecule has 3 aromatic rings. The fraction of sp³-hybridized carbons (Fsp3) is 0.150. The van der Waals surface area contributed by atoms with Crippen LogP contribution in [0.5, 0.6) is 0 Å². The lowest BCUT2D eigenvalue weighted by molar-refractivity contribution is 0.0796. The third-order valence-corrected chi connectivity index (χ3v) is 4.62. The number of amides is 1. The van der Waals surface area contributed by atoms with Gasteiger partial charge in [-0.25, -0.2) is 0 Å². The van der Waals surface area contributed by atoms with Gasteiger partial charge in [0, 0.05) is 37.2 Å². The van der Waals surface area contributed by atoms with Crippen molar-refractivity contribution in [1.82, 2.24) is 14.7 Å². The fourth-order valence-electron chi connectivity index (χ4n) is 3.35. The molecule has 4 rings (SSSR count). The summed E-state index contributed by atoms with van der Waals surface area (Å²) >= 11 is 0. The Morgan fingerprint density at radius 1 is 1.28 bits per heavy atom. The lowest BCUT2D eigenvalue weighted by atomic mass is 9.96. The Balaban J connectivity index is 1.76. The number of hydrogen-bond donors (Lipinski definition) is 0. The highest BCUT2D eigenvalue weighted by molar-refractivity contribution is 6.01. The number of carbonyl (C=O) groups excluding carboxylic acids is 1. The fourth-order valence-corrected chi connectivity index (χ4v) is 3.35.